The van der Waals surface area contributed by atoms with Crippen molar-refractivity contribution in [2.24, 2.45) is 20.5 Å². The Hall–Kier alpha value is -6.22. The van der Waals surface area contributed by atoms with Crippen LogP contribution in [0.2, 0.25) is 0 Å². The molecule has 0 aliphatic carbocycles. The van der Waals surface area contributed by atoms with Crippen molar-refractivity contribution in [1.82, 2.24) is 0 Å². The van der Waals surface area contributed by atoms with E-state index in [1.807, 2.05) is 0 Å². The van der Waals surface area contributed by atoms with Gasteiger partial charge in [-0.3, -0.25) is 9.11 Å². The first-order valence-electron chi connectivity index (χ1n) is 12.7. The van der Waals surface area contributed by atoms with Gasteiger partial charge in [0, 0.05) is 12.1 Å². The van der Waals surface area contributed by atoms with Gasteiger partial charge in [0.1, 0.15) is 44.2 Å². The highest BCUT2D eigenvalue weighted by atomic mass is 32.2. The van der Waals surface area contributed by atoms with E-state index in [0.29, 0.717) is 0 Å². The van der Waals surface area contributed by atoms with Gasteiger partial charge in [-0.1, -0.05) is 24.3 Å². The van der Waals surface area contributed by atoms with Gasteiger partial charge in [0.05, 0.1) is 22.5 Å². The molecule has 0 aliphatic rings. The number of hydrogen-bond acceptors (Lipinski definition) is 14. The predicted molar refractivity (Wildman–Crippen MR) is 163 cm³/mol. The number of rotatable bonds is 10. The Morgan fingerprint density at radius 3 is 1.21 bits per heavy atom. The van der Waals surface area contributed by atoms with E-state index in [0.717, 1.165) is 60.7 Å². The lowest BCUT2D eigenvalue weighted by molar-refractivity contribution is 0.0686. The summed E-state index contributed by atoms with van der Waals surface area (Å²) in [6.07, 6.45) is 2.11. The van der Waals surface area contributed by atoms with Crippen molar-refractivity contribution in [2.45, 2.75) is 9.79 Å². The number of phenols is 4. The molecule has 48 heavy (non-hydrogen) atoms. The van der Waals surface area contributed by atoms with Gasteiger partial charge in [-0.2, -0.15) is 27.1 Å². The number of carboxylic acid groups (broad SMARTS) is 2. The number of azo groups is 2. The van der Waals surface area contributed by atoms with E-state index >= 15 is 0 Å². The SMILES string of the molecule is O=C(O)c1cc(O)cc(O)c1N=Nc1ccc(/C=C/c2ccc(N=Nc3c(O)cc(O)cc3C(=O)O)cc2S(=O)(=O)O)c(S(=O)(=O)O)c1. The van der Waals surface area contributed by atoms with Gasteiger partial charge < -0.3 is 30.6 Å². The zero-order valence-corrected chi connectivity index (χ0v) is 25.2. The minimum absolute atomic E-state index is 0.218. The molecule has 0 bridgehead atoms. The minimum Gasteiger partial charge on any atom is -0.508 e. The van der Waals surface area contributed by atoms with Crippen LogP contribution in [0.15, 0.2) is 90.9 Å². The Bertz CT molecular complexity index is 2140. The fourth-order valence-electron chi connectivity index (χ4n) is 4.03. The van der Waals surface area contributed by atoms with Crippen molar-refractivity contribution >= 4 is 67.1 Å². The van der Waals surface area contributed by atoms with Gasteiger partial charge in [-0.25, -0.2) is 9.59 Å². The van der Waals surface area contributed by atoms with Crippen molar-refractivity contribution < 1.29 is 66.2 Å². The molecule has 0 aromatic heterocycles. The molecule has 248 valence electrons. The molecule has 0 saturated carbocycles. The van der Waals surface area contributed by atoms with Crippen LogP contribution in [0.25, 0.3) is 12.2 Å². The van der Waals surface area contributed by atoms with Crippen molar-refractivity contribution in [3.8, 4) is 23.0 Å². The van der Waals surface area contributed by atoms with E-state index < -0.39 is 87.5 Å². The van der Waals surface area contributed by atoms with E-state index in [4.69, 9.17) is 0 Å². The number of carboxylic acids is 2. The predicted octanol–water partition coefficient (Wildman–Crippen LogP) is 5.40. The maximum absolute atomic E-state index is 12.2. The lowest BCUT2D eigenvalue weighted by Gasteiger charge is -2.07. The summed E-state index contributed by atoms with van der Waals surface area (Å²) in [5.74, 6) is -5.80. The highest BCUT2D eigenvalue weighted by Crippen LogP contribution is 2.38. The lowest BCUT2D eigenvalue weighted by Crippen LogP contribution is -2.01. The van der Waals surface area contributed by atoms with Crippen molar-refractivity contribution in [3.05, 3.63) is 82.9 Å². The Balaban J connectivity index is 1.72. The Labute approximate surface area is 269 Å². The smallest absolute Gasteiger partial charge is 0.338 e. The third-order valence-electron chi connectivity index (χ3n) is 6.13. The van der Waals surface area contributed by atoms with Gasteiger partial charge in [0.2, 0.25) is 0 Å². The molecule has 0 amide bonds. The molecule has 4 aromatic rings. The van der Waals surface area contributed by atoms with Crippen LogP contribution in [0.5, 0.6) is 23.0 Å². The molecule has 18 nitrogen and oxygen atoms in total. The van der Waals surface area contributed by atoms with Gasteiger partial charge in [0.15, 0.2) is 0 Å². The molecule has 0 aliphatic heterocycles. The molecule has 0 saturated heterocycles. The average Bonchev–Trinajstić information content (AvgIpc) is 2.97. The van der Waals surface area contributed by atoms with Crippen molar-refractivity contribution in [2.75, 3.05) is 0 Å². The first-order valence-corrected chi connectivity index (χ1v) is 15.6. The number of aromatic hydroxyl groups is 4. The molecule has 0 unspecified atom stereocenters. The second-order valence-electron chi connectivity index (χ2n) is 9.46. The molecule has 4 rings (SSSR count). The summed E-state index contributed by atoms with van der Waals surface area (Å²) >= 11 is 0. The maximum atomic E-state index is 12.2. The summed E-state index contributed by atoms with van der Waals surface area (Å²) < 4.78 is 68.3. The second kappa shape index (κ2) is 13.3. The highest BCUT2D eigenvalue weighted by molar-refractivity contribution is 7.86. The molecule has 4 aromatic carbocycles. The van der Waals surface area contributed by atoms with E-state index in [2.05, 4.69) is 20.5 Å². The molecule has 20 heteroatoms. The van der Waals surface area contributed by atoms with Crippen LogP contribution < -0.4 is 0 Å². The van der Waals surface area contributed by atoms with E-state index in [1.54, 1.807) is 0 Å². The van der Waals surface area contributed by atoms with Gasteiger partial charge in [-0.05, 0) is 47.5 Å². The summed E-state index contributed by atoms with van der Waals surface area (Å²) in [4.78, 5) is 21.4. The van der Waals surface area contributed by atoms with Crippen LogP contribution >= 0.6 is 0 Å². The Morgan fingerprint density at radius 2 is 0.896 bits per heavy atom. The number of aromatic carboxylic acids is 2. The molecule has 0 heterocycles. The molecule has 0 radical (unpaired) electrons. The molecule has 0 atom stereocenters. The minimum atomic E-state index is -4.98. The lowest BCUT2D eigenvalue weighted by atomic mass is 10.1. The zero-order valence-electron chi connectivity index (χ0n) is 23.6. The summed E-state index contributed by atoms with van der Waals surface area (Å²) in [5.41, 5.74) is -3.33. The van der Waals surface area contributed by atoms with Crippen LogP contribution in [0, 0.1) is 0 Å². The number of carbonyl (C=O) groups is 2. The normalized spacial score (nSPS) is 12.3. The Kier molecular flexibility index (Phi) is 9.57. The molecule has 8 N–H and O–H groups in total. The van der Waals surface area contributed by atoms with Crippen molar-refractivity contribution in [1.29, 1.82) is 0 Å². The van der Waals surface area contributed by atoms with Gasteiger partial charge in [0.25, 0.3) is 20.2 Å². The summed E-state index contributed by atoms with van der Waals surface area (Å²) in [6, 6.07) is 9.40. The molecular weight excluding hydrogens is 680 g/mol. The first-order chi connectivity index (χ1) is 22.3. The summed E-state index contributed by atoms with van der Waals surface area (Å²) in [6.45, 7) is 0. The highest BCUT2D eigenvalue weighted by Gasteiger charge is 2.20. The van der Waals surface area contributed by atoms with E-state index in [-0.39, 0.29) is 22.5 Å². The van der Waals surface area contributed by atoms with Crippen LogP contribution in [0.3, 0.4) is 0 Å². The largest absolute Gasteiger partial charge is 0.508 e. The standard InChI is InChI=1S/C28H20N4O14S2/c33-17-9-19(27(37)38)25(21(35)11-17)31-29-15-5-3-13(23(7-15)47(41,42)43)1-2-14-4-6-16(8-24(14)48(44,45)46)30-32-26-20(28(39)40)10-18(34)12-22(26)36/h1-12,33-36H,(H,37,38)(H,39,40)(H,41,42,43)(H,44,45,46)/b2-1+,31-29?,32-30?. The van der Waals surface area contributed by atoms with Crippen LogP contribution in [0.1, 0.15) is 31.8 Å². The quantitative estimate of drug-likeness (QED) is 0.0583. The van der Waals surface area contributed by atoms with Gasteiger partial charge in [-0.15, -0.1) is 10.2 Å². The number of phenolic OH excluding ortho intramolecular Hbond substituents is 4. The zero-order chi connectivity index (χ0) is 35.6. The average molecular weight is 701 g/mol. The molecular formula is C28H20N4O14S2. The maximum Gasteiger partial charge on any atom is 0.338 e. The van der Waals surface area contributed by atoms with E-state index in [1.165, 1.54) is 12.1 Å². The van der Waals surface area contributed by atoms with Crippen LogP contribution in [-0.4, -0.2) is 68.5 Å². The molecule has 0 spiro atoms. The second-order valence-corrected chi connectivity index (χ2v) is 12.2. The number of benzene rings is 4. The monoisotopic (exact) mass is 700 g/mol. The number of nitrogens with zero attached hydrogens (tertiary/aromatic N) is 4. The fraction of sp³-hybridized carbons (Fsp3) is 0. The summed E-state index contributed by atoms with van der Waals surface area (Å²) in [7, 11) is -9.95. The van der Waals surface area contributed by atoms with Crippen LogP contribution in [0.4, 0.5) is 22.7 Å². The van der Waals surface area contributed by atoms with E-state index in [9.17, 15) is 66.2 Å². The summed E-state index contributed by atoms with van der Waals surface area (Å²) in [5, 5.41) is 72.3. The molecule has 0 fully saturated rings. The third kappa shape index (κ3) is 7.94. The third-order valence-corrected chi connectivity index (χ3v) is 7.95. The topological polar surface area (TPSA) is 314 Å². The first kappa shape index (κ1) is 34.6. The van der Waals surface area contributed by atoms with Crippen LogP contribution in [-0.2, 0) is 20.2 Å². The Morgan fingerprint density at radius 1 is 0.542 bits per heavy atom. The number of hydrogen-bond donors (Lipinski definition) is 8. The van der Waals surface area contributed by atoms with Gasteiger partial charge >= 0.3 is 11.9 Å². The fourth-order valence-corrected chi connectivity index (χ4v) is 5.44. The van der Waals surface area contributed by atoms with Crippen molar-refractivity contribution in [3.63, 3.8) is 0 Å².